The monoisotopic (exact) mass is 290 g/mol. The summed E-state index contributed by atoms with van der Waals surface area (Å²) in [6.07, 6.45) is 2.50. The molecular formula is C18H26OS. The highest BCUT2D eigenvalue weighted by molar-refractivity contribution is 8.00. The van der Waals surface area contributed by atoms with Gasteiger partial charge in [0.1, 0.15) is 5.78 Å². The number of carbonyl (C=O) groups is 1. The van der Waals surface area contributed by atoms with Gasteiger partial charge in [-0.25, -0.2) is 0 Å². The minimum atomic E-state index is 0.198. The molecule has 1 atom stereocenters. The van der Waals surface area contributed by atoms with E-state index in [2.05, 4.69) is 58.9 Å². The molecule has 0 saturated heterocycles. The molecule has 1 saturated carbocycles. The topological polar surface area (TPSA) is 17.1 Å². The van der Waals surface area contributed by atoms with Crippen LogP contribution in [-0.2, 0) is 10.2 Å². The molecule has 1 aromatic carbocycles. The van der Waals surface area contributed by atoms with E-state index in [4.69, 9.17) is 0 Å². The molecule has 0 bridgehead atoms. The van der Waals surface area contributed by atoms with Crippen LogP contribution in [0.3, 0.4) is 0 Å². The molecule has 110 valence electrons. The Morgan fingerprint density at radius 2 is 1.75 bits per heavy atom. The molecule has 20 heavy (non-hydrogen) atoms. The first-order chi connectivity index (χ1) is 9.18. The third kappa shape index (κ3) is 3.66. The van der Waals surface area contributed by atoms with E-state index in [1.807, 2.05) is 11.8 Å². The van der Waals surface area contributed by atoms with E-state index in [-0.39, 0.29) is 10.8 Å². The van der Waals surface area contributed by atoms with Crippen molar-refractivity contribution in [1.29, 1.82) is 0 Å². The van der Waals surface area contributed by atoms with Crippen molar-refractivity contribution in [3.05, 3.63) is 29.8 Å². The highest BCUT2D eigenvalue weighted by Gasteiger charge is 2.36. The van der Waals surface area contributed by atoms with Crippen LogP contribution in [0.2, 0.25) is 0 Å². The summed E-state index contributed by atoms with van der Waals surface area (Å²) in [7, 11) is 0. The van der Waals surface area contributed by atoms with Gasteiger partial charge in [0.05, 0.1) is 0 Å². The maximum Gasteiger partial charge on any atom is 0.134 e. The van der Waals surface area contributed by atoms with E-state index in [1.54, 1.807) is 0 Å². The van der Waals surface area contributed by atoms with Gasteiger partial charge in [0, 0.05) is 23.0 Å². The van der Waals surface area contributed by atoms with Crippen LogP contribution in [0.4, 0.5) is 0 Å². The Balaban J connectivity index is 2.11. The lowest BCUT2D eigenvalue weighted by molar-refractivity contribution is -0.121. The molecule has 0 spiro atoms. The van der Waals surface area contributed by atoms with Gasteiger partial charge in [-0.15, -0.1) is 11.8 Å². The zero-order valence-corrected chi connectivity index (χ0v) is 14.1. The predicted octanol–water partition coefficient (Wildman–Crippen LogP) is 5.22. The molecule has 0 radical (unpaired) electrons. The quantitative estimate of drug-likeness (QED) is 0.742. The van der Waals surface area contributed by atoms with Gasteiger partial charge in [0.2, 0.25) is 0 Å². The summed E-state index contributed by atoms with van der Waals surface area (Å²) in [5.74, 6) is 0.424. The highest BCUT2D eigenvalue weighted by atomic mass is 32.2. The zero-order valence-electron chi connectivity index (χ0n) is 13.3. The molecule has 0 unspecified atom stereocenters. The highest BCUT2D eigenvalue weighted by Crippen LogP contribution is 2.44. The van der Waals surface area contributed by atoms with Crippen LogP contribution < -0.4 is 0 Å². The summed E-state index contributed by atoms with van der Waals surface area (Å²) >= 11 is 1.87. The average Bonchev–Trinajstić information content (AvgIpc) is 2.34. The van der Waals surface area contributed by atoms with Gasteiger partial charge >= 0.3 is 0 Å². The number of benzene rings is 1. The molecule has 0 aromatic heterocycles. The lowest BCUT2D eigenvalue weighted by Gasteiger charge is -2.37. The Hall–Kier alpha value is -0.760. The normalized spacial score (nSPS) is 22.9. The molecule has 1 aromatic rings. The summed E-state index contributed by atoms with van der Waals surface area (Å²) < 4.78 is 0. The summed E-state index contributed by atoms with van der Waals surface area (Å²) in [5.41, 5.74) is 1.81. The number of rotatable bonds is 2. The fraction of sp³-hybridized carbons (Fsp3) is 0.611. The molecule has 2 rings (SSSR count). The number of hydrogen-bond donors (Lipinski definition) is 0. The van der Waals surface area contributed by atoms with Crippen LogP contribution in [0.5, 0.6) is 0 Å². The first kappa shape index (κ1) is 15.6. The number of hydrogen-bond acceptors (Lipinski definition) is 2. The molecule has 1 aliphatic rings. The number of thioether (sulfide) groups is 1. The zero-order chi connectivity index (χ0) is 15.0. The number of Topliss-reactive ketones (excluding diaryl/α,β-unsaturated/α-hetero) is 1. The van der Waals surface area contributed by atoms with Gasteiger partial charge in [-0.3, -0.25) is 4.79 Å². The van der Waals surface area contributed by atoms with E-state index in [0.717, 1.165) is 19.3 Å². The third-order valence-corrected chi connectivity index (χ3v) is 5.97. The fourth-order valence-electron chi connectivity index (χ4n) is 2.61. The molecule has 0 heterocycles. The van der Waals surface area contributed by atoms with Gasteiger partial charge in [-0.1, -0.05) is 46.8 Å². The molecule has 1 fully saturated rings. The fourth-order valence-corrected chi connectivity index (χ4v) is 3.93. The van der Waals surface area contributed by atoms with Crippen LogP contribution >= 0.6 is 11.8 Å². The van der Waals surface area contributed by atoms with Gasteiger partial charge in [0.15, 0.2) is 0 Å². The van der Waals surface area contributed by atoms with Gasteiger partial charge < -0.3 is 0 Å². The second-order valence-electron chi connectivity index (χ2n) is 7.61. The molecule has 0 amide bonds. The van der Waals surface area contributed by atoms with Crippen molar-refractivity contribution in [3.63, 3.8) is 0 Å². The van der Waals surface area contributed by atoms with E-state index in [0.29, 0.717) is 11.0 Å². The maximum absolute atomic E-state index is 11.7. The number of carbonyl (C=O) groups excluding carboxylic acids is 1. The predicted molar refractivity (Wildman–Crippen MR) is 87.4 cm³/mol. The van der Waals surface area contributed by atoms with E-state index in [9.17, 15) is 4.79 Å². The van der Waals surface area contributed by atoms with Crippen molar-refractivity contribution in [2.75, 3.05) is 0 Å². The first-order valence-electron chi connectivity index (χ1n) is 7.47. The molecule has 2 heteroatoms. The van der Waals surface area contributed by atoms with E-state index in [1.165, 1.54) is 10.5 Å². The number of ketones is 1. The van der Waals surface area contributed by atoms with Crippen LogP contribution in [0.15, 0.2) is 29.2 Å². The minimum absolute atomic E-state index is 0.198. The molecule has 0 aliphatic heterocycles. The van der Waals surface area contributed by atoms with Crippen molar-refractivity contribution in [3.8, 4) is 0 Å². The standard InChI is InChI=1S/C18H26OS/c1-17(2,3)13-6-8-15(9-7-13)20-16-12-14(19)10-11-18(16,4)5/h6-9,16H,10-12H2,1-5H3/t16-/m1/s1. The molecule has 0 N–H and O–H groups in total. The second kappa shape index (κ2) is 5.55. The Bertz CT molecular complexity index is 479. The van der Waals surface area contributed by atoms with Gasteiger partial charge in [-0.2, -0.15) is 0 Å². The Morgan fingerprint density at radius 1 is 1.15 bits per heavy atom. The lowest BCUT2D eigenvalue weighted by atomic mass is 9.76. The van der Waals surface area contributed by atoms with E-state index >= 15 is 0 Å². The lowest BCUT2D eigenvalue weighted by Crippen LogP contribution is -2.34. The first-order valence-corrected chi connectivity index (χ1v) is 8.35. The van der Waals surface area contributed by atoms with Crippen LogP contribution in [0, 0.1) is 5.41 Å². The van der Waals surface area contributed by atoms with Gasteiger partial charge in [0.25, 0.3) is 0 Å². The average molecular weight is 290 g/mol. The maximum atomic E-state index is 11.7. The second-order valence-corrected chi connectivity index (χ2v) is 8.89. The SMILES string of the molecule is CC(C)(C)c1ccc(S[C@@H]2CC(=O)CCC2(C)C)cc1. The van der Waals surface area contributed by atoms with Crippen molar-refractivity contribution in [2.45, 2.75) is 69.4 Å². The summed E-state index contributed by atoms with van der Waals surface area (Å²) in [6.45, 7) is 11.3. The van der Waals surface area contributed by atoms with Crippen molar-refractivity contribution < 1.29 is 4.79 Å². The smallest absolute Gasteiger partial charge is 0.134 e. The van der Waals surface area contributed by atoms with Crippen LogP contribution in [-0.4, -0.2) is 11.0 Å². The largest absolute Gasteiger partial charge is 0.300 e. The van der Waals surface area contributed by atoms with E-state index < -0.39 is 0 Å². The molecular weight excluding hydrogens is 264 g/mol. The van der Waals surface area contributed by atoms with Crippen LogP contribution in [0.25, 0.3) is 0 Å². The Morgan fingerprint density at radius 3 is 2.30 bits per heavy atom. The summed E-state index contributed by atoms with van der Waals surface area (Å²) in [4.78, 5) is 13.0. The molecule has 1 nitrogen and oxygen atoms in total. The van der Waals surface area contributed by atoms with Crippen molar-refractivity contribution >= 4 is 17.5 Å². The summed E-state index contributed by atoms with van der Waals surface area (Å²) in [5, 5.41) is 0.407. The summed E-state index contributed by atoms with van der Waals surface area (Å²) in [6, 6.07) is 8.86. The molecule has 1 aliphatic carbocycles. The van der Waals surface area contributed by atoms with Crippen molar-refractivity contribution in [2.24, 2.45) is 5.41 Å². The third-order valence-electron chi connectivity index (χ3n) is 4.33. The van der Waals surface area contributed by atoms with Gasteiger partial charge in [-0.05, 0) is 34.9 Å². The van der Waals surface area contributed by atoms with Crippen LogP contribution in [0.1, 0.15) is 59.4 Å². The Labute approximate surface area is 127 Å². The van der Waals surface area contributed by atoms with Crippen molar-refractivity contribution in [1.82, 2.24) is 0 Å². The minimum Gasteiger partial charge on any atom is -0.300 e. The Kier molecular flexibility index (Phi) is 4.34.